The number of fused-ring (bicyclic) bond motifs is 1. The van der Waals surface area contributed by atoms with Crippen LogP contribution in [-0.2, 0) is 4.79 Å². The molecule has 3 aromatic rings. The third-order valence-electron chi connectivity index (χ3n) is 4.90. The molecule has 0 aliphatic carbocycles. The van der Waals surface area contributed by atoms with Gasteiger partial charge in [0, 0.05) is 5.69 Å². The van der Waals surface area contributed by atoms with Crippen molar-refractivity contribution in [1.82, 2.24) is 9.55 Å². The molecule has 8 heteroatoms. The van der Waals surface area contributed by atoms with Crippen LogP contribution in [0.3, 0.4) is 0 Å². The third-order valence-corrected chi connectivity index (χ3v) is 6.15. The van der Waals surface area contributed by atoms with Gasteiger partial charge < -0.3 is 19.5 Å². The summed E-state index contributed by atoms with van der Waals surface area (Å²) in [5.74, 6) is 2.96. The number of hydrogen-bond acceptors (Lipinski definition) is 6. The Morgan fingerprint density at radius 3 is 2.55 bits per heavy atom. The molecule has 1 aromatic heterocycles. The summed E-state index contributed by atoms with van der Waals surface area (Å²) in [6, 6.07) is 13.6. The molecule has 162 valence electrons. The van der Waals surface area contributed by atoms with Gasteiger partial charge >= 0.3 is 0 Å². The highest BCUT2D eigenvalue weighted by molar-refractivity contribution is 8.00. The fourth-order valence-electron chi connectivity index (χ4n) is 3.51. The van der Waals surface area contributed by atoms with E-state index in [1.54, 1.807) is 32.3 Å². The quantitative estimate of drug-likeness (QED) is 0.612. The molecular weight excluding hydrogens is 414 g/mol. The number of thioether (sulfide) groups is 1. The van der Waals surface area contributed by atoms with Gasteiger partial charge in [-0.3, -0.25) is 9.36 Å². The van der Waals surface area contributed by atoms with Crippen LogP contribution in [0.15, 0.2) is 48.8 Å². The standard InChI is InChI=1S/C23H25N3O4S/c1-14(2)30-18-10-5-15(11-19(18)29-4)22-21-23(25-20(27)12-31-22)24-13-26(21)16-6-8-17(28-3)9-7-16/h5-11,13-14,22H,12H2,1-4H3,(H,25,27)/t22-/m0/s1. The highest BCUT2D eigenvalue weighted by Crippen LogP contribution is 2.44. The van der Waals surface area contributed by atoms with Gasteiger partial charge in [0.1, 0.15) is 12.1 Å². The number of imidazole rings is 1. The van der Waals surface area contributed by atoms with Gasteiger partial charge in [-0.15, -0.1) is 11.8 Å². The van der Waals surface area contributed by atoms with Gasteiger partial charge in [-0.1, -0.05) is 6.07 Å². The Hall–Kier alpha value is -3.13. The number of amides is 1. The maximum Gasteiger partial charge on any atom is 0.235 e. The van der Waals surface area contributed by atoms with Crippen molar-refractivity contribution in [3.8, 4) is 22.9 Å². The zero-order valence-corrected chi connectivity index (χ0v) is 18.7. The summed E-state index contributed by atoms with van der Waals surface area (Å²) < 4.78 is 18.7. The second-order valence-corrected chi connectivity index (χ2v) is 8.46. The van der Waals surface area contributed by atoms with Crippen LogP contribution >= 0.6 is 11.8 Å². The van der Waals surface area contributed by atoms with Gasteiger partial charge in [0.15, 0.2) is 17.3 Å². The third kappa shape index (κ3) is 4.34. The Balaban J connectivity index is 1.80. The molecule has 2 heterocycles. The van der Waals surface area contributed by atoms with Crippen LogP contribution < -0.4 is 19.5 Å². The molecular formula is C23H25N3O4S. The van der Waals surface area contributed by atoms with E-state index in [9.17, 15) is 4.79 Å². The monoisotopic (exact) mass is 439 g/mol. The number of anilines is 1. The largest absolute Gasteiger partial charge is 0.497 e. The number of aromatic nitrogens is 2. The second kappa shape index (κ2) is 8.93. The molecule has 1 N–H and O–H groups in total. The van der Waals surface area contributed by atoms with Gasteiger partial charge in [-0.05, 0) is 55.8 Å². The Morgan fingerprint density at radius 1 is 1.10 bits per heavy atom. The number of hydrogen-bond donors (Lipinski definition) is 1. The number of nitrogens with zero attached hydrogens (tertiary/aromatic N) is 2. The zero-order valence-electron chi connectivity index (χ0n) is 17.9. The molecule has 0 fully saturated rings. The lowest BCUT2D eigenvalue weighted by Gasteiger charge is -2.20. The molecule has 0 radical (unpaired) electrons. The second-order valence-electron chi connectivity index (χ2n) is 7.36. The van der Waals surface area contributed by atoms with Crippen molar-refractivity contribution in [3.05, 3.63) is 60.0 Å². The fourth-order valence-corrected chi connectivity index (χ4v) is 4.62. The van der Waals surface area contributed by atoms with E-state index in [2.05, 4.69) is 10.3 Å². The lowest BCUT2D eigenvalue weighted by molar-refractivity contribution is -0.113. The smallest absolute Gasteiger partial charge is 0.235 e. The first-order chi connectivity index (χ1) is 15.0. The summed E-state index contributed by atoms with van der Waals surface area (Å²) in [4.78, 5) is 16.8. The number of ether oxygens (including phenoxy) is 3. The van der Waals surface area contributed by atoms with E-state index in [1.807, 2.05) is 60.9 Å². The number of methoxy groups -OCH3 is 2. The first kappa shape index (κ1) is 21.1. The Bertz CT molecular complexity index is 1080. The fraction of sp³-hybridized carbons (Fsp3) is 0.304. The van der Waals surface area contributed by atoms with E-state index in [0.717, 1.165) is 22.7 Å². The van der Waals surface area contributed by atoms with Crippen molar-refractivity contribution < 1.29 is 19.0 Å². The first-order valence-electron chi connectivity index (χ1n) is 9.98. The summed E-state index contributed by atoms with van der Waals surface area (Å²) >= 11 is 1.55. The molecule has 1 atom stereocenters. The van der Waals surface area contributed by atoms with Gasteiger partial charge in [0.25, 0.3) is 0 Å². The van der Waals surface area contributed by atoms with Crippen LogP contribution in [0.25, 0.3) is 5.69 Å². The highest BCUT2D eigenvalue weighted by Gasteiger charge is 2.30. The molecule has 31 heavy (non-hydrogen) atoms. The molecule has 0 unspecified atom stereocenters. The van der Waals surface area contributed by atoms with Crippen LogP contribution in [0.4, 0.5) is 5.82 Å². The van der Waals surface area contributed by atoms with Gasteiger partial charge in [0.05, 0.1) is 37.0 Å². The SMILES string of the molecule is COc1ccc(-n2cnc3c2[C@H](c2ccc(OC(C)C)c(OC)c2)SCC(=O)N3)cc1. The normalized spacial score (nSPS) is 15.8. The minimum atomic E-state index is -0.124. The first-order valence-corrected chi connectivity index (χ1v) is 11.0. The van der Waals surface area contributed by atoms with Gasteiger partial charge in [-0.25, -0.2) is 4.98 Å². The van der Waals surface area contributed by atoms with Crippen LogP contribution in [0.1, 0.15) is 30.4 Å². The van der Waals surface area contributed by atoms with Crippen LogP contribution in [-0.4, -0.2) is 41.5 Å². The van der Waals surface area contributed by atoms with E-state index >= 15 is 0 Å². The van der Waals surface area contributed by atoms with Gasteiger partial charge in [0.2, 0.25) is 5.91 Å². The molecule has 0 spiro atoms. The van der Waals surface area contributed by atoms with Crippen molar-refractivity contribution in [1.29, 1.82) is 0 Å². The highest BCUT2D eigenvalue weighted by atomic mass is 32.2. The molecule has 0 bridgehead atoms. The Kier molecular flexibility index (Phi) is 6.08. The molecule has 1 aliphatic rings. The van der Waals surface area contributed by atoms with Crippen molar-refractivity contribution in [2.75, 3.05) is 25.3 Å². The van der Waals surface area contributed by atoms with Crippen molar-refractivity contribution >= 4 is 23.5 Å². The van der Waals surface area contributed by atoms with Crippen molar-refractivity contribution in [3.63, 3.8) is 0 Å². The zero-order chi connectivity index (χ0) is 22.0. The average Bonchev–Trinajstić information content (AvgIpc) is 3.09. The van der Waals surface area contributed by atoms with E-state index in [1.165, 1.54) is 0 Å². The van der Waals surface area contributed by atoms with Crippen LogP contribution in [0, 0.1) is 0 Å². The number of nitrogens with one attached hydrogen (secondary N) is 1. The molecule has 7 nitrogen and oxygen atoms in total. The number of benzene rings is 2. The summed E-state index contributed by atoms with van der Waals surface area (Å²) in [7, 11) is 3.27. The van der Waals surface area contributed by atoms with Crippen LogP contribution in [0.5, 0.6) is 17.2 Å². The number of rotatable bonds is 6. The predicted molar refractivity (Wildman–Crippen MR) is 122 cm³/mol. The molecule has 1 amide bonds. The summed E-state index contributed by atoms with van der Waals surface area (Å²) in [5, 5.41) is 2.80. The Labute approximate surface area is 185 Å². The summed E-state index contributed by atoms with van der Waals surface area (Å²) in [5.41, 5.74) is 2.84. The maximum absolute atomic E-state index is 12.3. The minimum absolute atomic E-state index is 0.0388. The Morgan fingerprint density at radius 2 is 1.87 bits per heavy atom. The minimum Gasteiger partial charge on any atom is -0.497 e. The number of carbonyl (C=O) groups is 1. The van der Waals surface area contributed by atoms with E-state index in [-0.39, 0.29) is 17.3 Å². The number of carbonyl (C=O) groups excluding carboxylic acids is 1. The van der Waals surface area contributed by atoms with Crippen LogP contribution in [0.2, 0.25) is 0 Å². The van der Waals surface area contributed by atoms with Crippen molar-refractivity contribution in [2.45, 2.75) is 25.2 Å². The maximum atomic E-state index is 12.3. The lowest BCUT2D eigenvalue weighted by atomic mass is 10.1. The molecule has 4 rings (SSSR count). The lowest BCUT2D eigenvalue weighted by Crippen LogP contribution is -2.12. The van der Waals surface area contributed by atoms with Crippen molar-refractivity contribution in [2.24, 2.45) is 0 Å². The van der Waals surface area contributed by atoms with E-state index < -0.39 is 0 Å². The molecule has 0 saturated heterocycles. The van der Waals surface area contributed by atoms with E-state index in [4.69, 9.17) is 14.2 Å². The van der Waals surface area contributed by atoms with Gasteiger partial charge in [-0.2, -0.15) is 0 Å². The average molecular weight is 440 g/mol. The van der Waals surface area contributed by atoms with E-state index in [0.29, 0.717) is 23.1 Å². The summed E-state index contributed by atoms with van der Waals surface area (Å²) in [6.45, 7) is 3.96. The summed E-state index contributed by atoms with van der Waals surface area (Å²) in [6.07, 6.45) is 1.77. The predicted octanol–water partition coefficient (Wildman–Crippen LogP) is 4.45. The topological polar surface area (TPSA) is 74.6 Å². The molecule has 0 saturated carbocycles. The molecule has 1 aliphatic heterocycles. The molecule has 2 aromatic carbocycles.